The maximum Gasteiger partial charge on any atom is 0.162 e. The Morgan fingerprint density at radius 1 is 1.02 bits per heavy atom. The fraction of sp³-hybridized carbons (Fsp3) is 0.488. The monoisotopic (exact) mass is 635 g/mol. The second-order valence-electron chi connectivity index (χ2n) is 13.0. The number of Topliss-reactive ketones (excluding diaryl/α,β-unsaturated/α-hetero) is 1. The van der Waals surface area contributed by atoms with Gasteiger partial charge in [-0.15, -0.1) is 0 Å². The topological polar surface area (TPSA) is 59.3 Å². The second kappa shape index (κ2) is 19.9. The molecule has 1 atom stereocenters. The van der Waals surface area contributed by atoms with E-state index < -0.39 is 0 Å². The third-order valence-electron chi connectivity index (χ3n) is 9.64. The van der Waals surface area contributed by atoms with Crippen LogP contribution in [-0.4, -0.2) is 25.1 Å². The average Bonchev–Trinajstić information content (AvgIpc) is 3.10. The lowest BCUT2D eigenvalue weighted by Gasteiger charge is -2.24. The van der Waals surface area contributed by atoms with E-state index in [0.717, 1.165) is 65.5 Å². The number of allylic oxidation sites excluding steroid dienone is 7. The number of ketones is 1. The summed E-state index contributed by atoms with van der Waals surface area (Å²) in [6, 6.07) is 14.4. The molecule has 1 heterocycles. The van der Waals surface area contributed by atoms with E-state index in [1.165, 1.54) is 43.2 Å². The Hall–Kier alpha value is -3.68. The van der Waals surface area contributed by atoms with Crippen molar-refractivity contribution in [3.63, 3.8) is 0 Å². The third kappa shape index (κ3) is 11.2. The molecule has 0 aliphatic carbocycles. The molecule has 1 aliphatic rings. The van der Waals surface area contributed by atoms with E-state index in [2.05, 4.69) is 72.4 Å². The Morgan fingerprint density at radius 3 is 2.43 bits per heavy atom. The number of nitrogens with zero attached hydrogens (tertiary/aromatic N) is 1. The number of aryl methyl sites for hydroxylation is 1. The van der Waals surface area contributed by atoms with Crippen LogP contribution in [0.2, 0.25) is 0 Å². The van der Waals surface area contributed by atoms with E-state index in [0.29, 0.717) is 36.9 Å². The molecular formula is C43H57NO3. The Morgan fingerprint density at radius 2 is 1.77 bits per heavy atom. The summed E-state index contributed by atoms with van der Waals surface area (Å²) in [5.41, 5.74) is 9.09. The van der Waals surface area contributed by atoms with Crippen molar-refractivity contribution >= 4 is 16.9 Å². The number of ether oxygens (including phenoxy) is 2. The summed E-state index contributed by atoms with van der Waals surface area (Å²) in [7, 11) is 0. The molecule has 0 bridgehead atoms. The van der Waals surface area contributed by atoms with E-state index in [-0.39, 0.29) is 11.9 Å². The van der Waals surface area contributed by atoms with Gasteiger partial charge < -0.3 is 9.47 Å². The highest BCUT2D eigenvalue weighted by Crippen LogP contribution is 2.32. The van der Waals surface area contributed by atoms with Crippen LogP contribution in [0.4, 0.5) is 0 Å². The summed E-state index contributed by atoms with van der Waals surface area (Å²) >= 11 is 0. The fourth-order valence-electron chi connectivity index (χ4n) is 6.48. The predicted octanol–water partition coefficient (Wildman–Crippen LogP) is 11.6. The molecule has 252 valence electrons. The van der Waals surface area contributed by atoms with Crippen LogP contribution >= 0.6 is 0 Å². The van der Waals surface area contributed by atoms with Crippen LogP contribution in [0.25, 0.3) is 11.1 Å². The number of carbonyl (C=O) groups excluding carboxylic acids is 1. The van der Waals surface area contributed by atoms with Gasteiger partial charge >= 0.3 is 0 Å². The van der Waals surface area contributed by atoms with Gasteiger partial charge in [-0.3, -0.25) is 4.79 Å². The predicted molar refractivity (Wildman–Crippen MR) is 198 cm³/mol. The number of carbonyl (C=O) groups is 1. The van der Waals surface area contributed by atoms with Crippen LogP contribution in [0.3, 0.4) is 0 Å². The lowest BCUT2D eigenvalue weighted by Crippen LogP contribution is -2.26. The standard InChI is InChI=1S/C43H57NO3/c1-8-12-13-14-16-34(10-3)17-21-42(45)37-18-20-40(35(11-4)28-37)32(6)27-31(5)33(7)41(15-9-2)36-19-22-43(38(29-36)30-44)47-39-23-25-46-26-24-39/h9,15,18-20,22,27-29,34,39H,2,8,10-14,16-17,21,23-26H2,1,3-7H3/b32-27+,33-31+,41-15+. The first-order valence-corrected chi connectivity index (χ1v) is 17.9. The van der Waals surface area contributed by atoms with Gasteiger partial charge in [-0.2, -0.15) is 5.26 Å². The highest BCUT2D eigenvalue weighted by molar-refractivity contribution is 5.96. The minimum Gasteiger partial charge on any atom is -0.489 e. The molecule has 1 unspecified atom stereocenters. The van der Waals surface area contributed by atoms with Gasteiger partial charge in [0.2, 0.25) is 0 Å². The highest BCUT2D eigenvalue weighted by atomic mass is 16.5. The Bertz CT molecular complexity index is 1480. The number of nitriles is 1. The lowest BCUT2D eigenvalue weighted by molar-refractivity contribution is 0.0254. The van der Waals surface area contributed by atoms with Crippen molar-refractivity contribution < 1.29 is 14.3 Å². The molecule has 0 amide bonds. The lowest BCUT2D eigenvalue weighted by atomic mass is 9.89. The molecule has 3 rings (SSSR count). The molecule has 0 radical (unpaired) electrons. The Balaban J connectivity index is 1.79. The smallest absolute Gasteiger partial charge is 0.162 e. The largest absolute Gasteiger partial charge is 0.489 e. The zero-order valence-corrected chi connectivity index (χ0v) is 29.9. The molecule has 1 aliphatic heterocycles. The normalized spacial score (nSPS) is 15.5. The Labute approximate surface area is 285 Å². The molecule has 1 fully saturated rings. The van der Waals surface area contributed by atoms with Gasteiger partial charge in [-0.25, -0.2) is 0 Å². The van der Waals surface area contributed by atoms with Gasteiger partial charge in [-0.05, 0) is 96.7 Å². The van der Waals surface area contributed by atoms with E-state index in [4.69, 9.17) is 9.47 Å². The van der Waals surface area contributed by atoms with Crippen LogP contribution in [-0.2, 0) is 11.2 Å². The second-order valence-corrected chi connectivity index (χ2v) is 13.0. The first kappa shape index (κ1) is 37.8. The number of hydrogen-bond donors (Lipinski definition) is 0. The SMILES string of the molecule is C=C\C=C(/C(C)=C(C)/C=C(\C)c1ccc(C(=O)CCC(CC)CCCCCC)cc1CC)c1ccc(OC2CCOCC2)c(C#N)c1. The molecule has 0 saturated carbocycles. The molecule has 0 spiro atoms. The van der Waals surface area contributed by atoms with Crippen molar-refractivity contribution in [1.29, 1.82) is 5.26 Å². The van der Waals surface area contributed by atoms with Crippen molar-refractivity contribution in [2.24, 2.45) is 5.92 Å². The van der Waals surface area contributed by atoms with E-state index in [1.807, 2.05) is 30.3 Å². The maximum atomic E-state index is 13.2. The first-order valence-electron chi connectivity index (χ1n) is 17.9. The van der Waals surface area contributed by atoms with Gasteiger partial charge in [0.25, 0.3) is 0 Å². The van der Waals surface area contributed by atoms with E-state index in [1.54, 1.807) is 6.08 Å². The fourth-order valence-corrected chi connectivity index (χ4v) is 6.48. The minimum absolute atomic E-state index is 0.0700. The minimum atomic E-state index is 0.0700. The van der Waals surface area contributed by atoms with Gasteiger partial charge in [-0.1, -0.05) is 102 Å². The summed E-state index contributed by atoms with van der Waals surface area (Å²) in [6.45, 7) is 18.4. The van der Waals surface area contributed by atoms with Gasteiger partial charge in [0, 0.05) is 24.8 Å². The summed E-state index contributed by atoms with van der Waals surface area (Å²) in [4.78, 5) is 13.2. The molecule has 2 aromatic rings. The van der Waals surface area contributed by atoms with Crippen molar-refractivity contribution in [3.05, 3.63) is 100 Å². The molecule has 4 nitrogen and oxygen atoms in total. The maximum absolute atomic E-state index is 13.2. The molecule has 2 aromatic carbocycles. The van der Waals surface area contributed by atoms with Gasteiger partial charge in [0.15, 0.2) is 5.78 Å². The molecule has 47 heavy (non-hydrogen) atoms. The van der Waals surface area contributed by atoms with Crippen molar-refractivity contribution in [2.75, 3.05) is 13.2 Å². The van der Waals surface area contributed by atoms with Gasteiger partial charge in [0.05, 0.1) is 18.8 Å². The zero-order valence-electron chi connectivity index (χ0n) is 29.9. The number of benzene rings is 2. The van der Waals surface area contributed by atoms with Crippen LogP contribution < -0.4 is 4.74 Å². The molecular weight excluding hydrogens is 578 g/mol. The van der Waals surface area contributed by atoms with Crippen LogP contribution in [0, 0.1) is 17.2 Å². The number of unbranched alkanes of at least 4 members (excludes halogenated alkanes) is 3. The van der Waals surface area contributed by atoms with E-state index >= 15 is 0 Å². The molecule has 0 aromatic heterocycles. The van der Waals surface area contributed by atoms with Crippen LogP contribution in [0.5, 0.6) is 5.75 Å². The molecule has 0 N–H and O–H groups in total. The summed E-state index contributed by atoms with van der Waals surface area (Å²) in [5.74, 6) is 1.52. The van der Waals surface area contributed by atoms with Crippen molar-refractivity contribution in [1.82, 2.24) is 0 Å². The quantitative estimate of drug-likeness (QED) is 0.0929. The third-order valence-corrected chi connectivity index (χ3v) is 9.64. The summed E-state index contributed by atoms with van der Waals surface area (Å²) < 4.78 is 11.6. The van der Waals surface area contributed by atoms with Crippen molar-refractivity contribution in [3.8, 4) is 11.8 Å². The van der Waals surface area contributed by atoms with E-state index in [9.17, 15) is 10.1 Å². The van der Waals surface area contributed by atoms with Crippen molar-refractivity contribution in [2.45, 2.75) is 118 Å². The highest BCUT2D eigenvalue weighted by Gasteiger charge is 2.18. The average molecular weight is 636 g/mol. The van der Waals surface area contributed by atoms with Crippen LogP contribution in [0.1, 0.15) is 138 Å². The molecule has 4 heteroatoms. The van der Waals surface area contributed by atoms with Gasteiger partial charge in [0.1, 0.15) is 17.9 Å². The zero-order chi connectivity index (χ0) is 34.2. The van der Waals surface area contributed by atoms with Crippen LogP contribution in [0.15, 0.2) is 72.4 Å². The first-order chi connectivity index (χ1) is 22.8. The molecule has 1 saturated heterocycles. The summed E-state index contributed by atoms with van der Waals surface area (Å²) in [6.07, 6.45) is 17.7. The summed E-state index contributed by atoms with van der Waals surface area (Å²) in [5, 5.41) is 9.96. The number of hydrogen-bond acceptors (Lipinski definition) is 4. The number of rotatable bonds is 18. The Kier molecular flexibility index (Phi) is 16.0.